The van der Waals surface area contributed by atoms with Crippen molar-refractivity contribution in [2.75, 3.05) is 6.61 Å². The molecule has 0 saturated carbocycles. The third-order valence-corrected chi connectivity index (χ3v) is 2.10. The minimum atomic E-state index is -0.472. The molecule has 0 aromatic heterocycles. The van der Waals surface area contributed by atoms with Crippen molar-refractivity contribution in [2.24, 2.45) is 0 Å². The summed E-state index contributed by atoms with van der Waals surface area (Å²) < 4.78 is 11.2. The molecule has 3 heteroatoms. The smallest absolute Gasteiger partial charge is 0.163 e. The van der Waals surface area contributed by atoms with E-state index >= 15 is 0 Å². The van der Waals surface area contributed by atoms with Gasteiger partial charge in [0.05, 0.1) is 12.2 Å². The molecule has 0 aromatic carbocycles. The van der Waals surface area contributed by atoms with E-state index < -0.39 is 5.79 Å². The van der Waals surface area contributed by atoms with Crippen molar-refractivity contribution in [3.63, 3.8) is 0 Å². The van der Waals surface area contributed by atoms with E-state index in [0.29, 0.717) is 6.42 Å². The van der Waals surface area contributed by atoms with Crippen LogP contribution in [-0.2, 0) is 9.47 Å². The number of hydrogen-bond donors (Lipinski definition) is 1. The first-order valence-electron chi connectivity index (χ1n) is 4.55. The Labute approximate surface area is 73.7 Å². The van der Waals surface area contributed by atoms with E-state index in [-0.39, 0.29) is 18.8 Å². The van der Waals surface area contributed by atoms with Crippen molar-refractivity contribution in [2.45, 2.75) is 51.6 Å². The fraction of sp³-hybridized carbons (Fsp3) is 1.00. The highest BCUT2D eigenvalue weighted by Gasteiger charge is 2.39. The number of aliphatic hydroxyl groups excluding tert-OH is 1. The van der Waals surface area contributed by atoms with Crippen LogP contribution in [0.5, 0.6) is 0 Å². The van der Waals surface area contributed by atoms with Gasteiger partial charge in [-0.2, -0.15) is 0 Å². The number of ether oxygens (including phenoxy) is 2. The molecule has 0 aromatic rings. The lowest BCUT2D eigenvalue weighted by Gasteiger charge is -2.16. The molecule has 1 N–H and O–H groups in total. The Bertz CT molecular complexity index is 145. The van der Waals surface area contributed by atoms with Crippen LogP contribution in [0, 0.1) is 0 Å². The van der Waals surface area contributed by atoms with Crippen LogP contribution < -0.4 is 0 Å². The SMILES string of the molecule is CC[C@H]1OC(C)(C)O[C@H]1CCO. The van der Waals surface area contributed by atoms with E-state index in [1.807, 2.05) is 13.8 Å². The molecule has 3 nitrogen and oxygen atoms in total. The summed E-state index contributed by atoms with van der Waals surface area (Å²) in [6, 6.07) is 0. The summed E-state index contributed by atoms with van der Waals surface area (Å²) in [5.41, 5.74) is 0. The fourth-order valence-corrected chi connectivity index (χ4v) is 1.63. The Kier molecular flexibility index (Phi) is 3.09. The molecular weight excluding hydrogens is 156 g/mol. The maximum Gasteiger partial charge on any atom is 0.163 e. The molecule has 1 fully saturated rings. The summed E-state index contributed by atoms with van der Waals surface area (Å²) in [5, 5.41) is 8.77. The first kappa shape index (κ1) is 9.96. The lowest BCUT2D eigenvalue weighted by molar-refractivity contribution is -0.147. The molecule has 1 aliphatic rings. The van der Waals surface area contributed by atoms with Gasteiger partial charge in [0.1, 0.15) is 0 Å². The standard InChI is InChI=1S/C9H18O3/c1-4-7-8(5-6-10)12-9(2,3)11-7/h7-8,10H,4-6H2,1-3H3/t7-,8+/m1/s1. The van der Waals surface area contributed by atoms with E-state index in [4.69, 9.17) is 14.6 Å². The maximum absolute atomic E-state index is 8.77. The molecular formula is C9H18O3. The molecule has 0 bridgehead atoms. The van der Waals surface area contributed by atoms with E-state index in [2.05, 4.69) is 6.92 Å². The van der Waals surface area contributed by atoms with Gasteiger partial charge in [-0.1, -0.05) is 6.92 Å². The van der Waals surface area contributed by atoms with Crippen molar-refractivity contribution >= 4 is 0 Å². The second-order valence-corrected chi connectivity index (χ2v) is 3.63. The molecule has 72 valence electrons. The fourth-order valence-electron chi connectivity index (χ4n) is 1.63. The van der Waals surface area contributed by atoms with Crippen LogP contribution in [0.15, 0.2) is 0 Å². The molecule has 0 aliphatic carbocycles. The van der Waals surface area contributed by atoms with Gasteiger partial charge in [-0.25, -0.2) is 0 Å². The third kappa shape index (κ3) is 2.19. The quantitative estimate of drug-likeness (QED) is 0.701. The largest absolute Gasteiger partial charge is 0.396 e. The van der Waals surface area contributed by atoms with E-state index in [1.54, 1.807) is 0 Å². The topological polar surface area (TPSA) is 38.7 Å². The Balaban J connectivity index is 2.50. The average Bonchev–Trinajstić information content (AvgIpc) is 2.26. The summed E-state index contributed by atoms with van der Waals surface area (Å²) in [4.78, 5) is 0. The second kappa shape index (κ2) is 3.73. The summed E-state index contributed by atoms with van der Waals surface area (Å²) in [6.07, 6.45) is 1.82. The molecule has 2 atom stereocenters. The summed E-state index contributed by atoms with van der Waals surface area (Å²) in [7, 11) is 0. The third-order valence-electron chi connectivity index (χ3n) is 2.10. The zero-order valence-corrected chi connectivity index (χ0v) is 8.04. The van der Waals surface area contributed by atoms with Crippen molar-refractivity contribution in [1.29, 1.82) is 0 Å². The first-order valence-corrected chi connectivity index (χ1v) is 4.55. The van der Waals surface area contributed by atoms with Gasteiger partial charge in [0, 0.05) is 6.61 Å². The Hall–Kier alpha value is -0.120. The van der Waals surface area contributed by atoms with Gasteiger partial charge >= 0.3 is 0 Å². The second-order valence-electron chi connectivity index (χ2n) is 3.63. The zero-order valence-electron chi connectivity index (χ0n) is 8.04. The van der Waals surface area contributed by atoms with E-state index in [0.717, 1.165) is 6.42 Å². The molecule has 1 rings (SSSR count). The summed E-state index contributed by atoms with van der Waals surface area (Å²) in [5.74, 6) is -0.472. The highest BCUT2D eigenvalue weighted by Crippen LogP contribution is 2.31. The number of aliphatic hydroxyl groups is 1. The lowest BCUT2D eigenvalue weighted by Crippen LogP contribution is -2.22. The van der Waals surface area contributed by atoms with E-state index in [9.17, 15) is 0 Å². The highest BCUT2D eigenvalue weighted by atomic mass is 16.7. The van der Waals surface area contributed by atoms with Gasteiger partial charge in [0.2, 0.25) is 0 Å². The predicted octanol–water partition coefficient (Wildman–Crippen LogP) is 1.30. The molecule has 12 heavy (non-hydrogen) atoms. The van der Waals surface area contributed by atoms with Gasteiger partial charge in [0.15, 0.2) is 5.79 Å². The Morgan fingerprint density at radius 3 is 2.33 bits per heavy atom. The Morgan fingerprint density at radius 1 is 1.25 bits per heavy atom. The normalized spacial score (nSPS) is 34.0. The summed E-state index contributed by atoms with van der Waals surface area (Å²) >= 11 is 0. The molecule has 0 amide bonds. The minimum Gasteiger partial charge on any atom is -0.396 e. The van der Waals surface area contributed by atoms with Crippen molar-refractivity contribution < 1.29 is 14.6 Å². The van der Waals surface area contributed by atoms with E-state index in [1.165, 1.54) is 0 Å². The number of hydrogen-bond acceptors (Lipinski definition) is 3. The minimum absolute atomic E-state index is 0.0648. The molecule has 0 radical (unpaired) electrons. The molecule has 1 aliphatic heterocycles. The molecule has 0 spiro atoms. The monoisotopic (exact) mass is 174 g/mol. The predicted molar refractivity (Wildman–Crippen MR) is 45.8 cm³/mol. The van der Waals surface area contributed by atoms with Gasteiger partial charge in [-0.3, -0.25) is 0 Å². The molecule has 0 unspecified atom stereocenters. The van der Waals surface area contributed by atoms with Gasteiger partial charge in [-0.05, 0) is 26.7 Å². The summed E-state index contributed by atoms with van der Waals surface area (Å²) in [6.45, 7) is 6.06. The molecule has 1 heterocycles. The highest BCUT2D eigenvalue weighted by molar-refractivity contribution is 4.79. The van der Waals surface area contributed by atoms with Crippen LogP contribution in [0.2, 0.25) is 0 Å². The van der Waals surface area contributed by atoms with Gasteiger partial charge in [0.25, 0.3) is 0 Å². The van der Waals surface area contributed by atoms with Crippen LogP contribution in [-0.4, -0.2) is 29.7 Å². The maximum atomic E-state index is 8.77. The average molecular weight is 174 g/mol. The van der Waals surface area contributed by atoms with Crippen molar-refractivity contribution in [1.82, 2.24) is 0 Å². The Morgan fingerprint density at radius 2 is 1.83 bits per heavy atom. The van der Waals surface area contributed by atoms with Crippen molar-refractivity contribution in [3.05, 3.63) is 0 Å². The number of rotatable bonds is 3. The van der Waals surface area contributed by atoms with Crippen LogP contribution in [0.25, 0.3) is 0 Å². The first-order chi connectivity index (χ1) is 5.59. The lowest BCUT2D eigenvalue weighted by atomic mass is 10.1. The van der Waals surface area contributed by atoms with Gasteiger partial charge in [-0.15, -0.1) is 0 Å². The van der Waals surface area contributed by atoms with Crippen LogP contribution in [0.1, 0.15) is 33.6 Å². The van der Waals surface area contributed by atoms with Crippen molar-refractivity contribution in [3.8, 4) is 0 Å². The molecule has 1 saturated heterocycles. The van der Waals surface area contributed by atoms with Crippen LogP contribution >= 0.6 is 0 Å². The van der Waals surface area contributed by atoms with Crippen LogP contribution in [0.4, 0.5) is 0 Å². The zero-order chi connectivity index (χ0) is 9.19. The van der Waals surface area contributed by atoms with Gasteiger partial charge < -0.3 is 14.6 Å². The van der Waals surface area contributed by atoms with Crippen LogP contribution in [0.3, 0.4) is 0 Å².